The minimum absolute atomic E-state index is 0.297. The average Bonchev–Trinajstić information content (AvgIpc) is 2.91. The van der Waals surface area contributed by atoms with E-state index < -0.39 is 10.0 Å². The summed E-state index contributed by atoms with van der Waals surface area (Å²) in [6, 6.07) is 5.24. The molecular formula is C17H26N4O2S. The Morgan fingerprint density at radius 2 is 1.88 bits per heavy atom. The molecule has 24 heavy (non-hydrogen) atoms. The molecule has 1 aliphatic rings. The van der Waals surface area contributed by atoms with Gasteiger partial charge in [0.1, 0.15) is 5.82 Å². The van der Waals surface area contributed by atoms with Crippen molar-refractivity contribution in [2.24, 2.45) is 0 Å². The molecule has 0 saturated carbocycles. The first-order chi connectivity index (χ1) is 11.4. The molecule has 6 nitrogen and oxygen atoms in total. The highest BCUT2D eigenvalue weighted by Gasteiger charge is 2.20. The van der Waals surface area contributed by atoms with Gasteiger partial charge in [-0.25, -0.2) is 17.7 Å². The molecule has 0 atom stereocenters. The van der Waals surface area contributed by atoms with Crippen molar-refractivity contribution >= 4 is 21.1 Å². The van der Waals surface area contributed by atoms with Gasteiger partial charge in [0, 0.05) is 20.6 Å². The number of aryl methyl sites for hydroxylation is 1. The summed E-state index contributed by atoms with van der Waals surface area (Å²) in [4.78, 5) is 7.48. The SMILES string of the molecule is CCn1c(CN2CCCCC2)nc2cc(S(=O)(=O)N(C)C)ccc21. The lowest BCUT2D eigenvalue weighted by atomic mass is 10.1. The number of fused-ring (bicyclic) bond motifs is 1. The lowest BCUT2D eigenvalue weighted by Gasteiger charge is -2.26. The highest BCUT2D eigenvalue weighted by Crippen LogP contribution is 2.23. The predicted molar refractivity (Wildman–Crippen MR) is 95.4 cm³/mol. The fourth-order valence-corrected chi connectivity index (χ4v) is 4.24. The van der Waals surface area contributed by atoms with E-state index >= 15 is 0 Å². The lowest BCUT2D eigenvalue weighted by Crippen LogP contribution is -2.30. The number of nitrogens with zero attached hydrogens (tertiary/aromatic N) is 4. The van der Waals surface area contributed by atoms with Crippen LogP contribution in [0.3, 0.4) is 0 Å². The van der Waals surface area contributed by atoms with E-state index in [1.807, 2.05) is 6.07 Å². The molecule has 1 fully saturated rings. The van der Waals surface area contributed by atoms with Gasteiger partial charge in [0.05, 0.1) is 22.5 Å². The van der Waals surface area contributed by atoms with Crippen molar-refractivity contribution in [2.45, 2.75) is 44.2 Å². The van der Waals surface area contributed by atoms with Crippen LogP contribution in [0.4, 0.5) is 0 Å². The van der Waals surface area contributed by atoms with Crippen LogP contribution < -0.4 is 0 Å². The second kappa shape index (κ2) is 6.82. The minimum atomic E-state index is -3.43. The number of sulfonamides is 1. The molecule has 2 heterocycles. The van der Waals surface area contributed by atoms with Gasteiger partial charge in [-0.1, -0.05) is 6.42 Å². The van der Waals surface area contributed by atoms with E-state index in [0.717, 1.165) is 43.0 Å². The molecule has 0 unspecified atom stereocenters. The Labute approximate surface area is 144 Å². The Bertz CT molecular complexity index is 820. The quantitative estimate of drug-likeness (QED) is 0.830. The standard InChI is InChI=1S/C17H26N4O2S/c1-4-21-16-9-8-14(24(22,23)19(2)3)12-15(16)18-17(21)13-20-10-6-5-7-11-20/h8-9,12H,4-7,10-11,13H2,1-3H3. The number of aromatic nitrogens is 2. The topological polar surface area (TPSA) is 58.4 Å². The average molecular weight is 350 g/mol. The van der Waals surface area contributed by atoms with Gasteiger partial charge in [-0.2, -0.15) is 0 Å². The highest BCUT2D eigenvalue weighted by atomic mass is 32.2. The smallest absolute Gasteiger partial charge is 0.242 e. The Morgan fingerprint density at radius 3 is 2.50 bits per heavy atom. The zero-order valence-electron chi connectivity index (χ0n) is 14.7. The molecule has 0 bridgehead atoms. The van der Waals surface area contributed by atoms with Gasteiger partial charge in [0.2, 0.25) is 10.0 Å². The molecular weight excluding hydrogens is 324 g/mol. The first-order valence-electron chi connectivity index (χ1n) is 8.57. The number of benzene rings is 1. The first kappa shape index (κ1) is 17.4. The number of rotatable bonds is 5. The van der Waals surface area contributed by atoms with Gasteiger partial charge >= 0.3 is 0 Å². The van der Waals surface area contributed by atoms with Crippen LogP contribution in [0.5, 0.6) is 0 Å². The summed E-state index contributed by atoms with van der Waals surface area (Å²) < 4.78 is 28.1. The van der Waals surface area contributed by atoms with Crippen molar-refractivity contribution in [1.29, 1.82) is 0 Å². The van der Waals surface area contributed by atoms with Crippen LogP contribution in [0.2, 0.25) is 0 Å². The van der Waals surface area contributed by atoms with E-state index in [1.54, 1.807) is 26.2 Å². The number of hydrogen-bond acceptors (Lipinski definition) is 4. The van der Waals surface area contributed by atoms with Crippen LogP contribution in [0.25, 0.3) is 11.0 Å². The number of piperidine rings is 1. The van der Waals surface area contributed by atoms with Crippen molar-refractivity contribution < 1.29 is 8.42 Å². The lowest BCUT2D eigenvalue weighted by molar-refractivity contribution is 0.213. The summed E-state index contributed by atoms with van der Waals surface area (Å²) in [6.07, 6.45) is 3.81. The van der Waals surface area contributed by atoms with Gasteiger partial charge in [0.25, 0.3) is 0 Å². The summed E-state index contributed by atoms with van der Waals surface area (Å²) in [6.45, 7) is 6.00. The van der Waals surface area contributed by atoms with Gasteiger partial charge in [-0.3, -0.25) is 4.90 Å². The molecule has 1 aromatic heterocycles. The maximum Gasteiger partial charge on any atom is 0.242 e. The third-order valence-corrected chi connectivity index (χ3v) is 6.52. The molecule has 0 radical (unpaired) electrons. The zero-order chi connectivity index (χ0) is 17.3. The summed E-state index contributed by atoms with van der Waals surface area (Å²) in [5.41, 5.74) is 1.76. The van der Waals surface area contributed by atoms with Crippen molar-refractivity contribution in [3.8, 4) is 0 Å². The third kappa shape index (κ3) is 3.20. The van der Waals surface area contributed by atoms with Crippen LogP contribution in [-0.4, -0.2) is 54.4 Å². The molecule has 1 aliphatic heterocycles. The number of likely N-dealkylation sites (tertiary alicyclic amines) is 1. The summed E-state index contributed by atoms with van der Waals surface area (Å²) in [5.74, 6) is 1.02. The molecule has 2 aromatic rings. The monoisotopic (exact) mass is 350 g/mol. The second-order valence-electron chi connectivity index (χ2n) is 6.55. The largest absolute Gasteiger partial charge is 0.327 e. The van der Waals surface area contributed by atoms with Gasteiger partial charge < -0.3 is 4.57 Å². The maximum atomic E-state index is 12.3. The molecule has 0 aliphatic carbocycles. The van der Waals surface area contributed by atoms with E-state index in [0.29, 0.717) is 4.90 Å². The Balaban J connectivity index is 1.99. The van der Waals surface area contributed by atoms with Crippen molar-refractivity contribution in [2.75, 3.05) is 27.2 Å². The number of hydrogen-bond donors (Lipinski definition) is 0. The first-order valence-corrected chi connectivity index (χ1v) is 10.0. The fraction of sp³-hybridized carbons (Fsp3) is 0.588. The van der Waals surface area contributed by atoms with Crippen LogP contribution in [0, 0.1) is 0 Å². The third-order valence-electron chi connectivity index (χ3n) is 4.71. The summed E-state index contributed by atoms with van der Waals surface area (Å²) in [5, 5.41) is 0. The summed E-state index contributed by atoms with van der Waals surface area (Å²) in [7, 11) is -0.337. The van der Waals surface area contributed by atoms with Crippen molar-refractivity contribution in [1.82, 2.24) is 18.8 Å². The Kier molecular flexibility index (Phi) is 4.94. The fourth-order valence-electron chi connectivity index (χ4n) is 3.32. The van der Waals surface area contributed by atoms with Crippen molar-refractivity contribution in [3.63, 3.8) is 0 Å². The van der Waals surface area contributed by atoms with E-state index in [4.69, 9.17) is 4.98 Å². The molecule has 7 heteroatoms. The van der Waals surface area contributed by atoms with E-state index in [9.17, 15) is 8.42 Å². The molecule has 0 spiro atoms. The normalized spacial score (nSPS) is 17.0. The molecule has 3 rings (SSSR count). The zero-order valence-corrected chi connectivity index (χ0v) is 15.5. The molecule has 132 valence electrons. The van der Waals surface area contributed by atoms with E-state index in [-0.39, 0.29) is 0 Å². The molecule has 1 aromatic carbocycles. The predicted octanol–water partition coefficient (Wildman–Crippen LogP) is 2.29. The van der Waals surface area contributed by atoms with Gasteiger partial charge in [-0.15, -0.1) is 0 Å². The minimum Gasteiger partial charge on any atom is -0.327 e. The number of imidazole rings is 1. The Morgan fingerprint density at radius 1 is 1.17 bits per heavy atom. The van der Waals surface area contributed by atoms with Crippen LogP contribution >= 0.6 is 0 Å². The van der Waals surface area contributed by atoms with Gasteiger partial charge in [0.15, 0.2) is 0 Å². The summed E-state index contributed by atoms with van der Waals surface area (Å²) >= 11 is 0. The van der Waals surface area contributed by atoms with Gasteiger partial charge in [-0.05, 0) is 51.1 Å². The highest BCUT2D eigenvalue weighted by molar-refractivity contribution is 7.89. The maximum absolute atomic E-state index is 12.3. The van der Waals surface area contributed by atoms with Crippen LogP contribution in [0.15, 0.2) is 23.1 Å². The molecule has 1 saturated heterocycles. The second-order valence-corrected chi connectivity index (χ2v) is 8.70. The van der Waals surface area contributed by atoms with Crippen LogP contribution in [-0.2, 0) is 23.1 Å². The van der Waals surface area contributed by atoms with Crippen LogP contribution in [0.1, 0.15) is 32.0 Å². The molecule has 0 N–H and O–H groups in total. The Hall–Kier alpha value is -1.44. The van der Waals surface area contributed by atoms with E-state index in [2.05, 4.69) is 16.4 Å². The molecule has 0 amide bonds. The van der Waals surface area contributed by atoms with Crippen molar-refractivity contribution in [3.05, 3.63) is 24.0 Å². The van der Waals surface area contributed by atoms with E-state index in [1.165, 1.54) is 23.6 Å².